The first-order valence-electron chi connectivity index (χ1n) is 9.23. The first kappa shape index (κ1) is 17.6. The van der Waals surface area contributed by atoms with E-state index < -0.39 is 0 Å². The molecule has 2 aromatic heterocycles. The van der Waals surface area contributed by atoms with E-state index in [1.807, 2.05) is 47.7 Å². The zero-order valence-electron chi connectivity index (χ0n) is 15.5. The second-order valence-electron chi connectivity index (χ2n) is 6.52. The Kier molecular flexibility index (Phi) is 5.39. The van der Waals surface area contributed by atoms with Crippen molar-refractivity contribution >= 4 is 0 Å². The van der Waals surface area contributed by atoms with E-state index >= 15 is 0 Å². The van der Waals surface area contributed by atoms with E-state index in [0.717, 1.165) is 43.1 Å². The van der Waals surface area contributed by atoms with Crippen LogP contribution < -0.4 is 9.47 Å². The average Bonchev–Trinajstić information content (AvgIpc) is 3.46. The summed E-state index contributed by atoms with van der Waals surface area (Å²) in [6.45, 7) is 2.95. The quantitative estimate of drug-likeness (QED) is 0.572. The lowest BCUT2D eigenvalue weighted by atomic mass is 10.1. The standard InChI is InChI=1S/C20H24N4O3/c1-25-18-5-2-4-17(19(18)27-12-3-9-23-10-7-21-15-23)20-22-8-11-24(20)16-6-13-26-14-16/h2,4-5,7-8,10-11,15-16H,3,6,9,12-14H2,1H3. The maximum Gasteiger partial charge on any atom is 0.172 e. The number of nitrogens with zero attached hydrogens (tertiary/aromatic N) is 4. The number of hydrogen-bond acceptors (Lipinski definition) is 5. The highest BCUT2D eigenvalue weighted by molar-refractivity contribution is 5.69. The minimum atomic E-state index is 0.308. The second kappa shape index (κ2) is 8.26. The molecule has 1 atom stereocenters. The maximum atomic E-state index is 6.16. The van der Waals surface area contributed by atoms with Gasteiger partial charge in [-0.05, 0) is 25.0 Å². The fourth-order valence-corrected chi connectivity index (χ4v) is 3.40. The molecule has 0 radical (unpaired) electrons. The van der Waals surface area contributed by atoms with Gasteiger partial charge in [-0.15, -0.1) is 0 Å². The molecule has 142 valence electrons. The average molecular weight is 368 g/mol. The molecule has 0 bridgehead atoms. The number of benzene rings is 1. The van der Waals surface area contributed by atoms with E-state index in [1.165, 1.54) is 0 Å². The molecule has 0 spiro atoms. The van der Waals surface area contributed by atoms with Crippen LogP contribution in [0.1, 0.15) is 18.9 Å². The fraction of sp³-hybridized carbons (Fsp3) is 0.400. The molecule has 0 aliphatic carbocycles. The number of imidazole rings is 2. The lowest BCUT2D eigenvalue weighted by Crippen LogP contribution is -2.10. The van der Waals surface area contributed by atoms with Gasteiger partial charge in [0.05, 0.1) is 38.3 Å². The van der Waals surface area contributed by atoms with Crippen LogP contribution in [0.5, 0.6) is 11.5 Å². The summed E-state index contributed by atoms with van der Waals surface area (Å²) in [5, 5.41) is 0. The Morgan fingerprint density at radius 1 is 1.26 bits per heavy atom. The summed E-state index contributed by atoms with van der Waals surface area (Å²) in [6.07, 6.45) is 11.3. The van der Waals surface area contributed by atoms with Crippen molar-refractivity contribution in [1.82, 2.24) is 19.1 Å². The molecule has 0 amide bonds. The van der Waals surface area contributed by atoms with Crippen LogP contribution in [0, 0.1) is 0 Å². The summed E-state index contributed by atoms with van der Waals surface area (Å²) < 4.78 is 21.5. The molecule has 1 saturated heterocycles. The van der Waals surface area contributed by atoms with Gasteiger partial charge < -0.3 is 23.3 Å². The highest BCUT2D eigenvalue weighted by Crippen LogP contribution is 2.38. The van der Waals surface area contributed by atoms with Gasteiger partial charge in [0.25, 0.3) is 0 Å². The third-order valence-corrected chi connectivity index (χ3v) is 4.77. The van der Waals surface area contributed by atoms with Gasteiger partial charge in [-0.25, -0.2) is 9.97 Å². The number of hydrogen-bond donors (Lipinski definition) is 0. The summed E-state index contributed by atoms with van der Waals surface area (Å²) in [5.41, 5.74) is 0.939. The van der Waals surface area contributed by atoms with Gasteiger partial charge in [0, 0.05) is 37.9 Å². The molecule has 7 nitrogen and oxygen atoms in total. The summed E-state index contributed by atoms with van der Waals surface area (Å²) in [6, 6.07) is 6.22. The Balaban J connectivity index is 1.55. The largest absolute Gasteiger partial charge is 0.493 e. The first-order chi connectivity index (χ1) is 13.4. The summed E-state index contributed by atoms with van der Waals surface area (Å²) in [7, 11) is 1.66. The number of aryl methyl sites for hydroxylation is 1. The summed E-state index contributed by atoms with van der Waals surface area (Å²) >= 11 is 0. The van der Waals surface area contributed by atoms with Crippen molar-refractivity contribution in [3.8, 4) is 22.9 Å². The zero-order valence-corrected chi connectivity index (χ0v) is 15.5. The van der Waals surface area contributed by atoms with Gasteiger partial charge in [0.2, 0.25) is 0 Å². The minimum absolute atomic E-state index is 0.308. The molecule has 1 unspecified atom stereocenters. The van der Waals surface area contributed by atoms with Crippen molar-refractivity contribution in [2.75, 3.05) is 26.9 Å². The van der Waals surface area contributed by atoms with E-state index in [1.54, 1.807) is 13.3 Å². The van der Waals surface area contributed by atoms with Crippen LogP contribution in [0.2, 0.25) is 0 Å². The van der Waals surface area contributed by atoms with Crippen molar-refractivity contribution in [3.05, 3.63) is 49.3 Å². The number of ether oxygens (including phenoxy) is 3. The van der Waals surface area contributed by atoms with E-state index in [9.17, 15) is 0 Å². The topological polar surface area (TPSA) is 63.3 Å². The van der Waals surface area contributed by atoms with Gasteiger partial charge >= 0.3 is 0 Å². The minimum Gasteiger partial charge on any atom is -0.493 e. The van der Waals surface area contributed by atoms with Crippen LogP contribution in [0.15, 0.2) is 49.3 Å². The SMILES string of the molecule is COc1cccc(-c2nccn2C2CCOC2)c1OCCCn1ccnc1. The second-order valence-corrected chi connectivity index (χ2v) is 6.52. The van der Waals surface area contributed by atoms with Crippen molar-refractivity contribution in [2.45, 2.75) is 25.4 Å². The van der Waals surface area contributed by atoms with Crippen LogP contribution in [-0.2, 0) is 11.3 Å². The van der Waals surface area contributed by atoms with E-state index in [4.69, 9.17) is 14.2 Å². The lowest BCUT2D eigenvalue weighted by molar-refractivity contribution is 0.187. The van der Waals surface area contributed by atoms with Crippen molar-refractivity contribution < 1.29 is 14.2 Å². The normalized spacial score (nSPS) is 16.6. The van der Waals surface area contributed by atoms with Gasteiger partial charge in [-0.3, -0.25) is 0 Å². The Morgan fingerprint density at radius 2 is 2.22 bits per heavy atom. The molecule has 1 aliphatic rings. The predicted octanol–water partition coefficient (Wildman–Crippen LogP) is 3.19. The Bertz CT molecular complexity index is 854. The monoisotopic (exact) mass is 368 g/mol. The Hall–Kier alpha value is -2.80. The third-order valence-electron chi connectivity index (χ3n) is 4.77. The predicted molar refractivity (Wildman–Crippen MR) is 101 cm³/mol. The molecule has 3 aromatic rings. The van der Waals surface area contributed by atoms with Crippen LogP contribution in [-0.4, -0.2) is 46.0 Å². The third kappa shape index (κ3) is 3.83. The molecule has 7 heteroatoms. The van der Waals surface area contributed by atoms with Gasteiger partial charge in [-0.1, -0.05) is 6.07 Å². The Labute approximate surface area is 158 Å². The fourth-order valence-electron chi connectivity index (χ4n) is 3.40. The van der Waals surface area contributed by atoms with Crippen molar-refractivity contribution in [2.24, 2.45) is 0 Å². The Morgan fingerprint density at radius 3 is 3.00 bits per heavy atom. The molecular formula is C20H24N4O3. The van der Waals surface area contributed by atoms with Crippen LogP contribution >= 0.6 is 0 Å². The van der Waals surface area contributed by atoms with Gasteiger partial charge in [-0.2, -0.15) is 0 Å². The molecule has 0 saturated carbocycles. The lowest BCUT2D eigenvalue weighted by Gasteiger charge is -2.18. The number of para-hydroxylation sites is 1. The molecule has 27 heavy (non-hydrogen) atoms. The smallest absolute Gasteiger partial charge is 0.172 e. The van der Waals surface area contributed by atoms with Crippen molar-refractivity contribution in [3.63, 3.8) is 0 Å². The summed E-state index contributed by atoms with van der Waals surface area (Å²) in [4.78, 5) is 8.66. The van der Waals surface area contributed by atoms with Crippen LogP contribution in [0.4, 0.5) is 0 Å². The molecule has 1 fully saturated rings. The van der Waals surface area contributed by atoms with E-state index in [-0.39, 0.29) is 0 Å². The van der Waals surface area contributed by atoms with Crippen LogP contribution in [0.3, 0.4) is 0 Å². The zero-order chi connectivity index (χ0) is 18.5. The molecule has 1 aliphatic heterocycles. The molecule has 0 N–H and O–H groups in total. The molecule has 3 heterocycles. The van der Waals surface area contributed by atoms with Crippen molar-refractivity contribution in [1.29, 1.82) is 0 Å². The van der Waals surface area contributed by atoms with E-state index in [0.29, 0.717) is 25.0 Å². The molecule has 1 aromatic carbocycles. The first-order valence-corrected chi connectivity index (χ1v) is 9.23. The molecular weight excluding hydrogens is 344 g/mol. The summed E-state index contributed by atoms with van der Waals surface area (Å²) in [5.74, 6) is 2.33. The number of rotatable bonds is 8. The maximum absolute atomic E-state index is 6.16. The number of methoxy groups -OCH3 is 1. The van der Waals surface area contributed by atoms with E-state index in [2.05, 4.69) is 14.5 Å². The highest BCUT2D eigenvalue weighted by atomic mass is 16.5. The molecule has 4 rings (SSSR count). The van der Waals surface area contributed by atoms with Crippen LogP contribution in [0.25, 0.3) is 11.4 Å². The van der Waals surface area contributed by atoms with Gasteiger partial charge in [0.15, 0.2) is 11.5 Å². The van der Waals surface area contributed by atoms with Gasteiger partial charge in [0.1, 0.15) is 5.82 Å². The highest BCUT2D eigenvalue weighted by Gasteiger charge is 2.23. The number of aromatic nitrogens is 4.